The SMILES string of the molecule is Cc1cccc2cc(C(N)C(F)(F)F)oc12. The van der Waals surface area contributed by atoms with Crippen molar-refractivity contribution in [1.29, 1.82) is 0 Å². The zero-order valence-corrected chi connectivity index (χ0v) is 8.51. The number of alkyl halides is 3. The molecule has 16 heavy (non-hydrogen) atoms. The highest BCUT2D eigenvalue weighted by Gasteiger charge is 2.40. The third-order valence-corrected chi connectivity index (χ3v) is 2.42. The fraction of sp³-hybridized carbons (Fsp3) is 0.273. The number of hydrogen-bond donors (Lipinski definition) is 1. The van der Waals surface area contributed by atoms with Gasteiger partial charge in [-0.05, 0) is 18.6 Å². The van der Waals surface area contributed by atoms with Crippen LogP contribution in [0, 0.1) is 6.92 Å². The molecular weight excluding hydrogens is 219 g/mol. The molecule has 1 atom stereocenters. The Kier molecular flexibility index (Phi) is 2.42. The summed E-state index contributed by atoms with van der Waals surface area (Å²) in [5.74, 6) is -0.253. The van der Waals surface area contributed by atoms with E-state index in [9.17, 15) is 13.2 Å². The van der Waals surface area contributed by atoms with Crippen LogP contribution < -0.4 is 5.73 Å². The Morgan fingerprint density at radius 1 is 1.31 bits per heavy atom. The van der Waals surface area contributed by atoms with E-state index in [-0.39, 0.29) is 5.76 Å². The van der Waals surface area contributed by atoms with Gasteiger partial charge in [0.25, 0.3) is 0 Å². The van der Waals surface area contributed by atoms with Gasteiger partial charge in [-0.2, -0.15) is 13.2 Å². The quantitative estimate of drug-likeness (QED) is 0.814. The van der Waals surface area contributed by atoms with Crippen molar-refractivity contribution in [3.05, 3.63) is 35.6 Å². The van der Waals surface area contributed by atoms with Crippen molar-refractivity contribution < 1.29 is 17.6 Å². The lowest BCUT2D eigenvalue weighted by Crippen LogP contribution is -2.27. The molecule has 2 rings (SSSR count). The van der Waals surface area contributed by atoms with Crippen LogP contribution in [0.4, 0.5) is 13.2 Å². The minimum absolute atomic E-state index is 0.253. The van der Waals surface area contributed by atoms with Crippen molar-refractivity contribution in [2.75, 3.05) is 0 Å². The fourth-order valence-corrected chi connectivity index (χ4v) is 1.54. The molecule has 5 heteroatoms. The van der Waals surface area contributed by atoms with E-state index >= 15 is 0 Å². The van der Waals surface area contributed by atoms with E-state index in [1.807, 2.05) is 0 Å². The van der Waals surface area contributed by atoms with E-state index in [1.54, 1.807) is 25.1 Å². The molecule has 0 radical (unpaired) electrons. The fourth-order valence-electron chi connectivity index (χ4n) is 1.54. The minimum atomic E-state index is -4.48. The topological polar surface area (TPSA) is 39.2 Å². The predicted molar refractivity (Wildman–Crippen MR) is 53.9 cm³/mol. The van der Waals surface area contributed by atoms with Gasteiger partial charge in [0.05, 0.1) is 0 Å². The summed E-state index contributed by atoms with van der Waals surface area (Å²) in [6.45, 7) is 1.77. The molecule has 2 N–H and O–H groups in total. The van der Waals surface area contributed by atoms with Crippen LogP contribution in [0.2, 0.25) is 0 Å². The molecular formula is C11H10F3NO. The predicted octanol–water partition coefficient (Wildman–Crippen LogP) is 3.30. The van der Waals surface area contributed by atoms with Crippen LogP contribution in [0.5, 0.6) is 0 Å². The number of furan rings is 1. The molecule has 2 aromatic rings. The first-order chi connectivity index (χ1) is 7.39. The summed E-state index contributed by atoms with van der Waals surface area (Å²) >= 11 is 0. The lowest BCUT2D eigenvalue weighted by molar-refractivity contribution is -0.152. The average Bonchev–Trinajstić information content (AvgIpc) is 2.60. The molecule has 0 saturated carbocycles. The second-order valence-corrected chi connectivity index (χ2v) is 3.66. The van der Waals surface area contributed by atoms with E-state index in [4.69, 9.17) is 10.2 Å². The monoisotopic (exact) mass is 229 g/mol. The zero-order valence-electron chi connectivity index (χ0n) is 8.51. The maximum absolute atomic E-state index is 12.4. The van der Waals surface area contributed by atoms with Crippen molar-refractivity contribution in [2.45, 2.75) is 19.1 Å². The Bertz CT molecular complexity index is 515. The molecule has 0 aliphatic carbocycles. The van der Waals surface area contributed by atoms with Crippen LogP contribution in [0.15, 0.2) is 28.7 Å². The number of hydrogen-bond acceptors (Lipinski definition) is 2. The first kappa shape index (κ1) is 11.0. The highest BCUT2D eigenvalue weighted by atomic mass is 19.4. The van der Waals surface area contributed by atoms with Crippen LogP contribution in [-0.2, 0) is 0 Å². The molecule has 2 nitrogen and oxygen atoms in total. The molecule has 0 amide bonds. The molecule has 86 valence electrons. The van der Waals surface area contributed by atoms with Gasteiger partial charge < -0.3 is 10.2 Å². The summed E-state index contributed by atoms with van der Waals surface area (Å²) in [5.41, 5.74) is 6.31. The van der Waals surface area contributed by atoms with Crippen molar-refractivity contribution in [3.63, 3.8) is 0 Å². The number of benzene rings is 1. The van der Waals surface area contributed by atoms with E-state index < -0.39 is 12.2 Å². The summed E-state index contributed by atoms with van der Waals surface area (Å²) in [4.78, 5) is 0. The van der Waals surface area contributed by atoms with E-state index in [0.717, 1.165) is 5.56 Å². The van der Waals surface area contributed by atoms with E-state index in [2.05, 4.69) is 0 Å². The minimum Gasteiger partial charge on any atom is -0.459 e. The van der Waals surface area contributed by atoms with Gasteiger partial charge in [-0.1, -0.05) is 18.2 Å². The third-order valence-electron chi connectivity index (χ3n) is 2.42. The highest BCUT2D eigenvalue weighted by Crippen LogP contribution is 2.34. The second-order valence-electron chi connectivity index (χ2n) is 3.66. The number of halogens is 3. The Labute approximate surface area is 89.8 Å². The van der Waals surface area contributed by atoms with Gasteiger partial charge in [-0.25, -0.2) is 0 Å². The van der Waals surface area contributed by atoms with Crippen molar-refractivity contribution in [1.82, 2.24) is 0 Å². The first-order valence-electron chi connectivity index (χ1n) is 4.71. The summed E-state index contributed by atoms with van der Waals surface area (Å²) in [7, 11) is 0. The molecule has 0 bridgehead atoms. The molecule has 0 spiro atoms. The van der Waals surface area contributed by atoms with Crippen molar-refractivity contribution in [3.8, 4) is 0 Å². The molecule has 0 fully saturated rings. The first-order valence-corrected chi connectivity index (χ1v) is 4.71. The third kappa shape index (κ3) is 1.78. The van der Waals surface area contributed by atoms with E-state index in [1.165, 1.54) is 6.07 Å². The number of fused-ring (bicyclic) bond motifs is 1. The molecule has 1 unspecified atom stereocenters. The molecule has 0 aliphatic heterocycles. The highest BCUT2D eigenvalue weighted by molar-refractivity contribution is 5.81. The summed E-state index contributed by atoms with van der Waals surface area (Å²) in [5, 5.41) is 0.634. The lowest BCUT2D eigenvalue weighted by atomic mass is 10.1. The second kappa shape index (κ2) is 3.52. The number of para-hydroxylation sites is 1. The maximum Gasteiger partial charge on any atom is 0.410 e. The maximum atomic E-state index is 12.4. The molecule has 1 aromatic carbocycles. The lowest BCUT2D eigenvalue weighted by Gasteiger charge is -2.12. The summed E-state index contributed by atoms with van der Waals surface area (Å²) in [6.07, 6.45) is -4.48. The largest absolute Gasteiger partial charge is 0.459 e. The number of nitrogens with two attached hydrogens (primary N) is 1. The average molecular weight is 229 g/mol. The molecule has 0 aliphatic rings. The van der Waals surface area contributed by atoms with Crippen molar-refractivity contribution >= 4 is 11.0 Å². The Morgan fingerprint density at radius 2 is 2.00 bits per heavy atom. The standard InChI is InChI=1S/C11H10F3NO/c1-6-3-2-4-7-5-8(16-9(6)7)10(15)11(12,13)14/h2-5,10H,15H2,1H3. The number of rotatable bonds is 1. The van der Waals surface area contributed by atoms with Crippen LogP contribution >= 0.6 is 0 Å². The van der Waals surface area contributed by atoms with Gasteiger partial charge >= 0.3 is 6.18 Å². The van der Waals surface area contributed by atoms with Crippen LogP contribution in [-0.4, -0.2) is 6.18 Å². The van der Waals surface area contributed by atoms with Gasteiger partial charge in [0.2, 0.25) is 0 Å². The normalized spacial score (nSPS) is 14.3. The Morgan fingerprint density at radius 3 is 2.56 bits per heavy atom. The smallest absolute Gasteiger partial charge is 0.410 e. The molecule has 1 aromatic heterocycles. The van der Waals surface area contributed by atoms with Crippen molar-refractivity contribution in [2.24, 2.45) is 5.73 Å². The van der Waals surface area contributed by atoms with Gasteiger partial charge in [-0.3, -0.25) is 0 Å². The Hall–Kier alpha value is -1.49. The Balaban J connectivity index is 2.52. The molecule has 0 saturated heterocycles. The van der Waals surface area contributed by atoms with Gasteiger partial charge in [0, 0.05) is 5.39 Å². The van der Waals surface area contributed by atoms with Gasteiger partial charge in [-0.15, -0.1) is 0 Å². The van der Waals surface area contributed by atoms with Crippen LogP contribution in [0.3, 0.4) is 0 Å². The number of aryl methyl sites for hydroxylation is 1. The van der Waals surface area contributed by atoms with E-state index in [0.29, 0.717) is 11.0 Å². The van der Waals surface area contributed by atoms with Crippen LogP contribution in [0.25, 0.3) is 11.0 Å². The summed E-state index contributed by atoms with van der Waals surface area (Å²) in [6, 6.07) is 4.49. The summed E-state index contributed by atoms with van der Waals surface area (Å²) < 4.78 is 42.3. The van der Waals surface area contributed by atoms with Gasteiger partial charge in [0.1, 0.15) is 11.3 Å². The van der Waals surface area contributed by atoms with Crippen LogP contribution in [0.1, 0.15) is 17.4 Å². The van der Waals surface area contributed by atoms with Gasteiger partial charge in [0.15, 0.2) is 6.04 Å². The molecule has 1 heterocycles. The zero-order chi connectivity index (χ0) is 11.9.